The molecule has 0 heterocycles. The zero-order chi connectivity index (χ0) is 20.5. The lowest BCUT2D eigenvalue weighted by molar-refractivity contribution is -0.138. The number of benzene rings is 2. The largest absolute Gasteiger partial charge is 0.497 e. The van der Waals surface area contributed by atoms with Gasteiger partial charge in [0.2, 0.25) is 5.91 Å². The normalized spacial score (nSPS) is 12.7. The van der Waals surface area contributed by atoms with Crippen LogP contribution >= 0.6 is 0 Å². The molecule has 150 valence electrons. The van der Waals surface area contributed by atoms with Gasteiger partial charge >= 0.3 is 5.97 Å². The topological polar surface area (TPSA) is 94.1 Å². The van der Waals surface area contributed by atoms with Crippen molar-refractivity contribution in [3.05, 3.63) is 59.7 Å². The molecule has 1 amide bonds. The Morgan fingerprint density at radius 1 is 1.07 bits per heavy atom. The second-order valence-corrected chi connectivity index (χ2v) is 6.21. The van der Waals surface area contributed by atoms with Crippen LogP contribution in [0.15, 0.2) is 48.5 Å². The summed E-state index contributed by atoms with van der Waals surface area (Å²) in [4.78, 5) is 23.9. The summed E-state index contributed by atoms with van der Waals surface area (Å²) < 4.78 is 16.1. The molecule has 0 bridgehead atoms. The third-order valence-electron chi connectivity index (χ3n) is 4.22. The first-order chi connectivity index (χ1) is 13.4. The molecule has 2 N–H and O–H groups in total. The van der Waals surface area contributed by atoms with Gasteiger partial charge in [-0.15, -0.1) is 0 Å². The van der Waals surface area contributed by atoms with Gasteiger partial charge in [0, 0.05) is 11.6 Å². The molecule has 2 atom stereocenters. The fourth-order valence-corrected chi connectivity index (χ4v) is 2.68. The maximum Gasteiger partial charge on any atom is 0.305 e. The molecular weight excluding hydrogens is 362 g/mol. The Hall–Kier alpha value is -3.06. The van der Waals surface area contributed by atoms with Crippen molar-refractivity contribution in [1.82, 2.24) is 5.32 Å². The van der Waals surface area contributed by atoms with Gasteiger partial charge in [0.05, 0.1) is 33.3 Å². The third-order valence-corrected chi connectivity index (χ3v) is 4.22. The van der Waals surface area contributed by atoms with Crippen molar-refractivity contribution in [2.45, 2.75) is 32.1 Å². The molecule has 0 aliphatic rings. The Morgan fingerprint density at radius 3 is 2.39 bits per heavy atom. The van der Waals surface area contributed by atoms with Gasteiger partial charge in [-0.05, 0) is 24.6 Å². The quantitative estimate of drug-likeness (QED) is 0.651. The minimum Gasteiger partial charge on any atom is -0.497 e. The molecule has 7 heteroatoms. The first-order valence-corrected chi connectivity index (χ1v) is 8.84. The lowest BCUT2D eigenvalue weighted by atomic mass is 10.0. The van der Waals surface area contributed by atoms with Gasteiger partial charge in [-0.1, -0.05) is 30.3 Å². The van der Waals surface area contributed by atoms with Gasteiger partial charge in [0.15, 0.2) is 0 Å². The molecule has 0 aliphatic carbocycles. The lowest BCUT2D eigenvalue weighted by Gasteiger charge is -2.22. The number of hydrogen-bond acceptors (Lipinski definition) is 5. The van der Waals surface area contributed by atoms with Crippen molar-refractivity contribution < 1.29 is 28.9 Å². The smallest absolute Gasteiger partial charge is 0.305 e. The molecule has 2 rings (SSSR count). The summed E-state index contributed by atoms with van der Waals surface area (Å²) in [7, 11) is 3.00. The number of hydrogen-bond donors (Lipinski definition) is 2. The lowest BCUT2D eigenvalue weighted by Crippen LogP contribution is -2.38. The second kappa shape index (κ2) is 10.3. The zero-order valence-electron chi connectivity index (χ0n) is 16.2. The number of amides is 1. The average molecular weight is 387 g/mol. The molecule has 0 spiro atoms. The number of rotatable bonds is 10. The summed E-state index contributed by atoms with van der Waals surface area (Å²) in [5.41, 5.74) is 1.50. The maximum absolute atomic E-state index is 12.6. The van der Waals surface area contributed by atoms with E-state index >= 15 is 0 Å². The average Bonchev–Trinajstić information content (AvgIpc) is 2.71. The van der Waals surface area contributed by atoms with Gasteiger partial charge in [-0.25, -0.2) is 0 Å². The van der Waals surface area contributed by atoms with E-state index < -0.39 is 24.0 Å². The number of carboxylic acids is 1. The highest BCUT2D eigenvalue weighted by Crippen LogP contribution is 2.31. The summed E-state index contributed by atoms with van der Waals surface area (Å²) in [6.45, 7) is 1.91. The highest BCUT2D eigenvalue weighted by molar-refractivity contribution is 5.81. The number of ether oxygens (including phenoxy) is 3. The van der Waals surface area contributed by atoms with Gasteiger partial charge in [-0.2, -0.15) is 0 Å². The Labute approximate surface area is 164 Å². The molecule has 0 saturated carbocycles. The van der Waals surface area contributed by atoms with Crippen molar-refractivity contribution >= 4 is 11.9 Å². The van der Waals surface area contributed by atoms with Gasteiger partial charge < -0.3 is 24.6 Å². The van der Waals surface area contributed by atoms with Crippen LogP contribution in [-0.2, 0) is 20.9 Å². The highest BCUT2D eigenvalue weighted by Gasteiger charge is 2.24. The first kappa shape index (κ1) is 21.2. The van der Waals surface area contributed by atoms with Crippen LogP contribution in [0.25, 0.3) is 0 Å². The molecule has 2 aromatic carbocycles. The van der Waals surface area contributed by atoms with Crippen molar-refractivity contribution in [2.75, 3.05) is 14.2 Å². The SMILES string of the molecule is COc1ccc(C(CC(=O)O)NC(=O)C(C)OCc2ccccc2)c(OC)c1. The van der Waals surface area contributed by atoms with E-state index in [9.17, 15) is 14.7 Å². The van der Waals surface area contributed by atoms with Gasteiger partial charge in [-0.3, -0.25) is 9.59 Å². The number of nitrogens with one attached hydrogen (secondary N) is 1. The minimum atomic E-state index is -1.04. The predicted octanol–water partition coefficient (Wildman–Crippen LogP) is 2.94. The van der Waals surface area contributed by atoms with E-state index in [1.807, 2.05) is 30.3 Å². The van der Waals surface area contributed by atoms with Crippen LogP contribution < -0.4 is 14.8 Å². The van der Waals surface area contributed by atoms with Crippen molar-refractivity contribution in [1.29, 1.82) is 0 Å². The van der Waals surface area contributed by atoms with E-state index in [0.717, 1.165) is 5.56 Å². The summed E-state index contributed by atoms with van der Waals surface area (Å²) in [6, 6.07) is 13.7. The van der Waals surface area contributed by atoms with Crippen LogP contribution in [-0.4, -0.2) is 37.3 Å². The third kappa shape index (κ3) is 5.99. The number of carbonyl (C=O) groups excluding carboxylic acids is 1. The summed E-state index contributed by atoms with van der Waals surface area (Å²) in [5.74, 6) is -0.439. The number of carboxylic acid groups (broad SMARTS) is 1. The summed E-state index contributed by atoms with van der Waals surface area (Å²) >= 11 is 0. The number of methoxy groups -OCH3 is 2. The molecule has 0 saturated heterocycles. The van der Waals surface area contributed by atoms with Crippen LogP contribution in [0.5, 0.6) is 11.5 Å². The molecule has 28 heavy (non-hydrogen) atoms. The molecule has 0 fully saturated rings. The number of carbonyl (C=O) groups is 2. The van der Waals surface area contributed by atoms with E-state index in [1.165, 1.54) is 14.2 Å². The minimum absolute atomic E-state index is 0.283. The summed E-state index contributed by atoms with van der Waals surface area (Å²) in [6.07, 6.45) is -1.04. The fraction of sp³-hybridized carbons (Fsp3) is 0.333. The van der Waals surface area contributed by atoms with E-state index in [-0.39, 0.29) is 13.0 Å². The Balaban J connectivity index is 2.10. The highest BCUT2D eigenvalue weighted by atomic mass is 16.5. The van der Waals surface area contributed by atoms with Crippen LogP contribution in [0.2, 0.25) is 0 Å². The molecule has 0 radical (unpaired) electrons. The monoisotopic (exact) mass is 387 g/mol. The molecule has 7 nitrogen and oxygen atoms in total. The Bertz CT molecular complexity index is 793. The summed E-state index contributed by atoms with van der Waals surface area (Å²) in [5, 5.41) is 12.0. The molecule has 0 aromatic heterocycles. The first-order valence-electron chi connectivity index (χ1n) is 8.84. The van der Waals surface area contributed by atoms with E-state index in [0.29, 0.717) is 17.1 Å². The van der Waals surface area contributed by atoms with Crippen molar-refractivity contribution in [3.63, 3.8) is 0 Å². The Morgan fingerprint density at radius 2 is 1.79 bits per heavy atom. The molecule has 2 unspecified atom stereocenters. The predicted molar refractivity (Wildman–Crippen MR) is 103 cm³/mol. The fourth-order valence-electron chi connectivity index (χ4n) is 2.68. The number of aliphatic carboxylic acids is 1. The van der Waals surface area contributed by atoms with E-state index in [4.69, 9.17) is 14.2 Å². The standard InChI is InChI=1S/C21H25NO6/c1-14(28-13-15-7-5-4-6-8-15)21(25)22-18(12-20(23)24)17-10-9-16(26-2)11-19(17)27-3/h4-11,14,18H,12-13H2,1-3H3,(H,22,25)(H,23,24). The van der Waals surface area contributed by atoms with Crippen molar-refractivity contribution in [2.24, 2.45) is 0 Å². The molecule has 0 aliphatic heterocycles. The van der Waals surface area contributed by atoms with Crippen LogP contribution in [0.1, 0.15) is 30.5 Å². The van der Waals surface area contributed by atoms with Crippen LogP contribution in [0.3, 0.4) is 0 Å². The van der Waals surface area contributed by atoms with Gasteiger partial charge in [0.25, 0.3) is 0 Å². The molecule has 2 aromatic rings. The van der Waals surface area contributed by atoms with Crippen LogP contribution in [0.4, 0.5) is 0 Å². The van der Waals surface area contributed by atoms with E-state index in [1.54, 1.807) is 25.1 Å². The van der Waals surface area contributed by atoms with Crippen LogP contribution in [0, 0.1) is 0 Å². The van der Waals surface area contributed by atoms with E-state index in [2.05, 4.69) is 5.32 Å². The van der Waals surface area contributed by atoms with Crippen molar-refractivity contribution in [3.8, 4) is 11.5 Å². The molecular formula is C21H25NO6. The second-order valence-electron chi connectivity index (χ2n) is 6.21. The maximum atomic E-state index is 12.6. The Kier molecular flexibility index (Phi) is 7.83. The zero-order valence-corrected chi connectivity index (χ0v) is 16.2. The van der Waals surface area contributed by atoms with Gasteiger partial charge in [0.1, 0.15) is 17.6 Å².